The van der Waals surface area contributed by atoms with Crippen LogP contribution in [0.4, 0.5) is 0 Å². The Morgan fingerprint density at radius 1 is 0.710 bits per heavy atom. The summed E-state index contributed by atoms with van der Waals surface area (Å²) in [5.74, 6) is 0.328. The van der Waals surface area contributed by atoms with Gasteiger partial charge in [0.2, 0.25) is 0 Å². The van der Waals surface area contributed by atoms with E-state index in [0.29, 0.717) is 12.4 Å². The van der Waals surface area contributed by atoms with E-state index in [4.69, 9.17) is 14.9 Å². The average molecular weight is 441 g/mol. The molecule has 0 rings (SSSR count). The maximum Gasteiger partial charge on any atom is 0.129 e. The molecule has 31 heavy (non-hydrogen) atoms. The van der Waals surface area contributed by atoms with Crippen LogP contribution in [0.25, 0.3) is 0 Å². The van der Waals surface area contributed by atoms with Crippen molar-refractivity contribution in [2.24, 2.45) is 0 Å². The molecule has 0 aliphatic heterocycles. The molecule has 184 valence electrons. The van der Waals surface area contributed by atoms with Crippen LogP contribution in [0.5, 0.6) is 0 Å². The number of ketones is 1. The number of unbranched alkanes of at least 4 members (excludes halogenated alkanes) is 16. The quantitative estimate of drug-likeness (QED) is 0.119. The summed E-state index contributed by atoms with van der Waals surface area (Å²) < 4.78 is 5.31. The van der Waals surface area contributed by atoms with Crippen molar-refractivity contribution in [1.82, 2.24) is 0 Å². The van der Waals surface area contributed by atoms with Crippen LogP contribution >= 0.6 is 0 Å². The van der Waals surface area contributed by atoms with Crippen LogP contribution in [0.2, 0.25) is 0 Å². The maximum absolute atomic E-state index is 10.9. The maximum atomic E-state index is 10.9. The highest BCUT2D eigenvalue weighted by Crippen LogP contribution is 2.12. The van der Waals surface area contributed by atoms with Gasteiger partial charge in [-0.25, -0.2) is 0 Å². The third-order valence-electron chi connectivity index (χ3n) is 5.75. The van der Waals surface area contributed by atoms with Gasteiger partial charge in [0, 0.05) is 13.0 Å². The van der Waals surface area contributed by atoms with Gasteiger partial charge < -0.3 is 19.7 Å². The lowest BCUT2D eigenvalue weighted by atomic mass is 10.1. The van der Waals surface area contributed by atoms with E-state index in [-0.39, 0.29) is 13.2 Å². The predicted molar refractivity (Wildman–Crippen MR) is 131 cm³/mol. The number of hydrogen-bond donors (Lipinski definition) is 2. The van der Waals surface area contributed by atoms with E-state index in [0.717, 1.165) is 19.3 Å². The largest absolute Gasteiger partial charge is 0.394 e. The van der Waals surface area contributed by atoms with Crippen molar-refractivity contribution in [3.05, 3.63) is 12.2 Å². The normalized spacial score (nSPS) is 12.6. The Hall–Kier alpha value is -0.710. The molecule has 0 aliphatic rings. The van der Waals surface area contributed by atoms with Crippen molar-refractivity contribution in [2.45, 2.75) is 135 Å². The molecule has 0 heterocycles. The summed E-state index contributed by atoms with van der Waals surface area (Å²) >= 11 is 0. The number of hydrogen-bond acceptors (Lipinski definition) is 4. The molecule has 4 heteroatoms. The molecule has 0 aromatic heterocycles. The topological polar surface area (TPSA) is 66.8 Å². The number of ether oxygens (including phenoxy) is 1. The zero-order valence-corrected chi connectivity index (χ0v) is 20.5. The van der Waals surface area contributed by atoms with E-state index in [2.05, 4.69) is 12.2 Å². The van der Waals surface area contributed by atoms with E-state index in [1.54, 1.807) is 6.92 Å². The molecule has 4 nitrogen and oxygen atoms in total. The first-order valence-electron chi connectivity index (χ1n) is 13.2. The molecular weight excluding hydrogens is 388 g/mol. The van der Waals surface area contributed by atoms with Gasteiger partial charge >= 0.3 is 0 Å². The number of aliphatic hydroxyl groups excluding tert-OH is 2. The molecule has 0 fully saturated rings. The number of Topliss-reactive ketones (excluding diaryl/α,β-unsaturated/α-hetero) is 1. The standard InChI is InChI=1S/C27H52O4/c1-26(29)22-20-18-16-14-12-10-8-6-4-2-3-5-7-9-11-13-15-17-19-21-23-31-25-27(30)24-28/h4,6,27-28,30H,2-3,5,7-25H2,1H3. The van der Waals surface area contributed by atoms with Crippen LogP contribution in [0.1, 0.15) is 129 Å². The van der Waals surface area contributed by atoms with Crippen molar-refractivity contribution in [3.63, 3.8) is 0 Å². The summed E-state index contributed by atoms with van der Waals surface area (Å²) in [5.41, 5.74) is 0. The highest BCUT2D eigenvalue weighted by Gasteiger charge is 2.00. The number of allylic oxidation sites excluding steroid dienone is 2. The molecule has 0 aromatic carbocycles. The number of carbonyl (C=O) groups is 1. The van der Waals surface area contributed by atoms with Crippen molar-refractivity contribution in [3.8, 4) is 0 Å². The van der Waals surface area contributed by atoms with Crippen LogP contribution in [0.3, 0.4) is 0 Å². The zero-order chi connectivity index (χ0) is 22.8. The summed E-state index contributed by atoms with van der Waals surface area (Å²) in [6, 6.07) is 0. The molecule has 0 aromatic rings. The van der Waals surface area contributed by atoms with E-state index >= 15 is 0 Å². The predicted octanol–water partition coefficient (Wildman–Crippen LogP) is 6.91. The van der Waals surface area contributed by atoms with Crippen LogP contribution < -0.4 is 0 Å². The summed E-state index contributed by atoms with van der Waals surface area (Å²) in [4.78, 5) is 10.9. The first kappa shape index (κ1) is 30.3. The average Bonchev–Trinajstić information content (AvgIpc) is 2.76. The minimum atomic E-state index is -0.730. The fourth-order valence-corrected chi connectivity index (χ4v) is 3.73. The molecule has 0 amide bonds. The van der Waals surface area contributed by atoms with E-state index < -0.39 is 6.10 Å². The molecule has 1 atom stereocenters. The Morgan fingerprint density at radius 2 is 1.13 bits per heavy atom. The van der Waals surface area contributed by atoms with Gasteiger partial charge in [0.15, 0.2) is 0 Å². The Bertz CT molecular complexity index is 395. The van der Waals surface area contributed by atoms with Crippen LogP contribution in [-0.4, -0.2) is 41.9 Å². The van der Waals surface area contributed by atoms with Crippen molar-refractivity contribution in [2.75, 3.05) is 19.8 Å². The SMILES string of the molecule is CC(=O)CCCCCCCCC=CCCCCCCCCCCCCOCC(O)CO. The Kier molecular flexibility index (Phi) is 25.0. The van der Waals surface area contributed by atoms with Gasteiger partial charge in [0.25, 0.3) is 0 Å². The number of aliphatic hydroxyl groups is 2. The fourth-order valence-electron chi connectivity index (χ4n) is 3.73. The molecule has 0 spiro atoms. The van der Waals surface area contributed by atoms with Gasteiger partial charge in [-0.2, -0.15) is 0 Å². The van der Waals surface area contributed by atoms with E-state index in [1.165, 1.54) is 103 Å². The van der Waals surface area contributed by atoms with Gasteiger partial charge in [-0.05, 0) is 45.4 Å². The Labute approximate surface area is 192 Å². The molecular formula is C27H52O4. The first-order valence-corrected chi connectivity index (χ1v) is 13.2. The molecule has 0 radical (unpaired) electrons. The summed E-state index contributed by atoms with van der Waals surface area (Å²) in [5, 5.41) is 17.8. The molecule has 1 unspecified atom stereocenters. The monoisotopic (exact) mass is 440 g/mol. The lowest BCUT2D eigenvalue weighted by Crippen LogP contribution is -2.19. The van der Waals surface area contributed by atoms with Crippen molar-refractivity contribution >= 4 is 5.78 Å². The summed E-state index contributed by atoms with van der Waals surface area (Å²) in [6.07, 6.45) is 27.8. The van der Waals surface area contributed by atoms with Crippen LogP contribution in [-0.2, 0) is 9.53 Å². The second-order valence-corrected chi connectivity index (χ2v) is 9.07. The van der Waals surface area contributed by atoms with Gasteiger partial charge in [0.05, 0.1) is 13.2 Å². The van der Waals surface area contributed by atoms with Gasteiger partial charge in [-0.15, -0.1) is 0 Å². The van der Waals surface area contributed by atoms with E-state index in [9.17, 15) is 4.79 Å². The van der Waals surface area contributed by atoms with Gasteiger partial charge in [-0.3, -0.25) is 0 Å². The van der Waals surface area contributed by atoms with Crippen molar-refractivity contribution in [1.29, 1.82) is 0 Å². The highest BCUT2D eigenvalue weighted by molar-refractivity contribution is 5.75. The number of rotatable bonds is 25. The first-order chi connectivity index (χ1) is 15.2. The smallest absolute Gasteiger partial charge is 0.129 e. The molecule has 0 saturated carbocycles. The minimum absolute atomic E-state index is 0.219. The van der Waals surface area contributed by atoms with Crippen LogP contribution in [0.15, 0.2) is 12.2 Å². The molecule has 0 saturated heterocycles. The second-order valence-electron chi connectivity index (χ2n) is 9.07. The van der Waals surface area contributed by atoms with Gasteiger partial charge in [0.1, 0.15) is 11.9 Å². The molecule has 0 aliphatic carbocycles. The zero-order valence-electron chi connectivity index (χ0n) is 20.5. The Morgan fingerprint density at radius 3 is 1.58 bits per heavy atom. The number of carbonyl (C=O) groups excluding carboxylic acids is 1. The third kappa shape index (κ3) is 27.3. The van der Waals surface area contributed by atoms with Gasteiger partial charge in [-0.1, -0.05) is 89.2 Å². The third-order valence-corrected chi connectivity index (χ3v) is 5.75. The lowest BCUT2D eigenvalue weighted by Gasteiger charge is -2.08. The lowest BCUT2D eigenvalue weighted by molar-refractivity contribution is -0.117. The Balaban J connectivity index is 3.11. The second kappa shape index (κ2) is 25.5. The van der Waals surface area contributed by atoms with Crippen LogP contribution in [0, 0.1) is 0 Å². The molecule has 0 bridgehead atoms. The fraction of sp³-hybridized carbons (Fsp3) is 0.889. The summed E-state index contributed by atoms with van der Waals surface area (Å²) in [6.45, 7) is 2.40. The summed E-state index contributed by atoms with van der Waals surface area (Å²) in [7, 11) is 0. The highest BCUT2D eigenvalue weighted by atomic mass is 16.5. The minimum Gasteiger partial charge on any atom is -0.394 e. The molecule has 2 N–H and O–H groups in total. The van der Waals surface area contributed by atoms with Crippen molar-refractivity contribution < 1.29 is 19.7 Å². The van der Waals surface area contributed by atoms with E-state index in [1.807, 2.05) is 0 Å².